The van der Waals surface area contributed by atoms with Crippen LogP contribution in [0.25, 0.3) is 0 Å². The highest BCUT2D eigenvalue weighted by atomic mass is 16.1. The number of rotatable bonds is 2. The molecule has 0 amide bonds. The number of carbonyl (C=O) groups excluding carboxylic acids is 1. The smallest absolute Gasteiger partial charge is 0.193 e. The minimum absolute atomic E-state index is 0.0230. The average molecular weight is 225 g/mol. The highest BCUT2D eigenvalue weighted by molar-refractivity contribution is 6.10. The molecule has 0 fully saturated rings. The molecule has 2 heteroatoms. The summed E-state index contributed by atoms with van der Waals surface area (Å²) in [6, 6.07) is 13.0. The van der Waals surface area contributed by atoms with E-state index in [1.54, 1.807) is 6.07 Å². The van der Waals surface area contributed by atoms with Gasteiger partial charge >= 0.3 is 0 Å². The van der Waals surface area contributed by atoms with Crippen molar-refractivity contribution in [3.8, 4) is 0 Å². The van der Waals surface area contributed by atoms with Gasteiger partial charge in [-0.2, -0.15) is 0 Å². The van der Waals surface area contributed by atoms with Crippen molar-refractivity contribution in [3.05, 3.63) is 64.7 Å². The van der Waals surface area contributed by atoms with Crippen LogP contribution in [0, 0.1) is 13.8 Å². The summed E-state index contributed by atoms with van der Waals surface area (Å²) in [6.07, 6.45) is 0. The molecule has 0 spiro atoms. The molecular formula is C15H15NO. The molecule has 0 radical (unpaired) electrons. The summed E-state index contributed by atoms with van der Waals surface area (Å²) >= 11 is 0. The molecule has 0 aliphatic rings. The van der Waals surface area contributed by atoms with E-state index in [1.807, 2.05) is 50.2 Å². The van der Waals surface area contributed by atoms with Crippen molar-refractivity contribution in [2.24, 2.45) is 0 Å². The summed E-state index contributed by atoms with van der Waals surface area (Å²) in [5, 5.41) is 0. The largest absolute Gasteiger partial charge is 0.398 e. The van der Waals surface area contributed by atoms with Gasteiger partial charge in [-0.05, 0) is 31.0 Å². The first-order valence-corrected chi connectivity index (χ1v) is 5.56. The summed E-state index contributed by atoms with van der Waals surface area (Å²) < 4.78 is 0. The molecule has 0 saturated carbocycles. The maximum atomic E-state index is 12.3. The molecule has 0 aliphatic carbocycles. The molecule has 0 heterocycles. The van der Waals surface area contributed by atoms with E-state index < -0.39 is 0 Å². The van der Waals surface area contributed by atoms with Crippen LogP contribution in [-0.2, 0) is 0 Å². The highest BCUT2D eigenvalue weighted by Gasteiger charge is 2.12. The lowest BCUT2D eigenvalue weighted by atomic mass is 9.96. The van der Waals surface area contributed by atoms with Gasteiger partial charge in [-0.3, -0.25) is 4.79 Å². The lowest BCUT2D eigenvalue weighted by molar-refractivity contribution is 0.103. The molecule has 2 nitrogen and oxygen atoms in total. The third-order valence-electron chi connectivity index (χ3n) is 2.89. The van der Waals surface area contributed by atoms with Crippen LogP contribution >= 0.6 is 0 Å². The molecule has 2 aromatic carbocycles. The molecule has 0 bridgehead atoms. The molecule has 0 atom stereocenters. The predicted octanol–water partition coefficient (Wildman–Crippen LogP) is 3.12. The number of hydrogen-bond donors (Lipinski definition) is 1. The van der Waals surface area contributed by atoms with Gasteiger partial charge in [0.15, 0.2) is 5.78 Å². The minimum atomic E-state index is 0.0230. The number of nitrogen functional groups attached to an aromatic ring is 1. The van der Waals surface area contributed by atoms with Crippen LogP contribution in [0.2, 0.25) is 0 Å². The zero-order valence-corrected chi connectivity index (χ0v) is 10.0. The quantitative estimate of drug-likeness (QED) is 0.630. The SMILES string of the molecule is Cc1cc(C)c(C(=O)c2ccccc2)cc1N. The van der Waals surface area contributed by atoms with Crippen LogP contribution in [0.5, 0.6) is 0 Å². The number of carbonyl (C=O) groups is 1. The van der Waals surface area contributed by atoms with Gasteiger partial charge in [-0.15, -0.1) is 0 Å². The van der Waals surface area contributed by atoms with Crippen molar-refractivity contribution in [1.29, 1.82) is 0 Å². The molecule has 0 aromatic heterocycles. The van der Waals surface area contributed by atoms with Crippen molar-refractivity contribution in [2.45, 2.75) is 13.8 Å². The van der Waals surface area contributed by atoms with Crippen molar-refractivity contribution in [3.63, 3.8) is 0 Å². The zero-order chi connectivity index (χ0) is 12.4. The summed E-state index contributed by atoms with van der Waals surface area (Å²) in [5.74, 6) is 0.0230. The number of benzene rings is 2. The van der Waals surface area contributed by atoms with E-state index in [0.717, 1.165) is 11.1 Å². The number of hydrogen-bond acceptors (Lipinski definition) is 2. The summed E-state index contributed by atoms with van der Waals surface area (Å²) in [5.41, 5.74) is 9.86. The molecule has 0 unspecified atom stereocenters. The topological polar surface area (TPSA) is 43.1 Å². The van der Waals surface area contributed by atoms with Gasteiger partial charge < -0.3 is 5.73 Å². The fourth-order valence-corrected chi connectivity index (χ4v) is 1.86. The third kappa shape index (κ3) is 2.21. The first kappa shape index (κ1) is 11.4. The summed E-state index contributed by atoms with van der Waals surface area (Å²) in [4.78, 5) is 12.3. The molecule has 86 valence electrons. The maximum absolute atomic E-state index is 12.3. The first-order valence-electron chi connectivity index (χ1n) is 5.56. The molecule has 0 saturated heterocycles. The van der Waals surface area contributed by atoms with Gasteiger partial charge in [0, 0.05) is 16.8 Å². The molecule has 17 heavy (non-hydrogen) atoms. The van der Waals surface area contributed by atoms with Gasteiger partial charge in [0.2, 0.25) is 0 Å². The van der Waals surface area contributed by atoms with E-state index >= 15 is 0 Å². The van der Waals surface area contributed by atoms with E-state index in [2.05, 4.69) is 0 Å². The number of nitrogens with two attached hydrogens (primary N) is 1. The fourth-order valence-electron chi connectivity index (χ4n) is 1.86. The molecule has 2 aromatic rings. The Kier molecular flexibility index (Phi) is 2.96. The Balaban J connectivity index is 2.48. The van der Waals surface area contributed by atoms with E-state index in [0.29, 0.717) is 16.8 Å². The Bertz CT molecular complexity index is 559. The second-order valence-electron chi connectivity index (χ2n) is 4.22. The highest BCUT2D eigenvalue weighted by Crippen LogP contribution is 2.20. The van der Waals surface area contributed by atoms with Crippen LogP contribution < -0.4 is 5.73 Å². The first-order chi connectivity index (χ1) is 8.09. The Morgan fingerprint density at radius 2 is 1.65 bits per heavy atom. The van der Waals surface area contributed by atoms with Crippen LogP contribution in [0.15, 0.2) is 42.5 Å². The van der Waals surface area contributed by atoms with Crippen molar-refractivity contribution in [1.82, 2.24) is 0 Å². The van der Waals surface area contributed by atoms with Gasteiger partial charge in [-0.25, -0.2) is 0 Å². The van der Waals surface area contributed by atoms with E-state index in [4.69, 9.17) is 5.73 Å². The monoisotopic (exact) mass is 225 g/mol. The molecule has 2 N–H and O–H groups in total. The van der Waals surface area contributed by atoms with Gasteiger partial charge in [0.1, 0.15) is 0 Å². The van der Waals surface area contributed by atoms with Crippen molar-refractivity contribution in [2.75, 3.05) is 5.73 Å². The zero-order valence-electron chi connectivity index (χ0n) is 10.0. The van der Waals surface area contributed by atoms with Gasteiger partial charge in [-0.1, -0.05) is 36.4 Å². The van der Waals surface area contributed by atoms with E-state index in [9.17, 15) is 4.79 Å². The van der Waals surface area contributed by atoms with Gasteiger partial charge in [0.05, 0.1) is 0 Å². The normalized spacial score (nSPS) is 10.2. The lowest BCUT2D eigenvalue weighted by Gasteiger charge is -2.08. The Hall–Kier alpha value is -2.09. The van der Waals surface area contributed by atoms with Crippen molar-refractivity contribution >= 4 is 11.5 Å². The predicted molar refractivity (Wildman–Crippen MR) is 70.2 cm³/mol. The number of aryl methyl sites for hydroxylation is 2. The Labute approximate surface area is 101 Å². The lowest BCUT2D eigenvalue weighted by Crippen LogP contribution is -2.05. The second kappa shape index (κ2) is 4.42. The van der Waals surface area contributed by atoms with Gasteiger partial charge in [0.25, 0.3) is 0 Å². The third-order valence-corrected chi connectivity index (χ3v) is 2.89. The van der Waals surface area contributed by atoms with Crippen molar-refractivity contribution < 1.29 is 4.79 Å². The van der Waals surface area contributed by atoms with Crippen LogP contribution in [0.3, 0.4) is 0 Å². The average Bonchev–Trinajstić information content (AvgIpc) is 2.34. The number of ketones is 1. The minimum Gasteiger partial charge on any atom is -0.398 e. The van der Waals surface area contributed by atoms with Crippen LogP contribution in [0.4, 0.5) is 5.69 Å². The second-order valence-corrected chi connectivity index (χ2v) is 4.22. The standard InChI is InChI=1S/C15H15NO/c1-10-8-11(2)14(16)9-13(10)15(17)12-6-4-3-5-7-12/h3-9H,16H2,1-2H3. The summed E-state index contributed by atoms with van der Waals surface area (Å²) in [7, 11) is 0. The Morgan fingerprint density at radius 3 is 2.29 bits per heavy atom. The summed E-state index contributed by atoms with van der Waals surface area (Å²) in [6.45, 7) is 3.88. The molecule has 0 aliphatic heterocycles. The number of anilines is 1. The van der Waals surface area contributed by atoms with E-state index in [1.165, 1.54) is 0 Å². The molecular weight excluding hydrogens is 210 g/mol. The van der Waals surface area contributed by atoms with Crippen LogP contribution in [0.1, 0.15) is 27.0 Å². The fraction of sp³-hybridized carbons (Fsp3) is 0.133. The molecule has 2 rings (SSSR count). The Morgan fingerprint density at radius 1 is 1.00 bits per heavy atom. The van der Waals surface area contributed by atoms with Crippen LogP contribution in [-0.4, -0.2) is 5.78 Å². The van der Waals surface area contributed by atoms with E-state index in [-0.39, 0.29) is 5.78 Å². The maximum Gasteiger partial charge on any atom is 0.193 e.